The van der Waals surface area contributed by atoms with Gasteiger partial charge in [-0.15, -0.1) is 0 Å². The first-order valence-electron chi connectivity index (χ1n) is 12.6. The van der Waals surface area contributed by atoms with Crippen LogP contribution in [0.15, 0.2) is 91.0 Å². The topological polar surface area (TPSA) is 17.1 Å². The van der Waals surface area contributed by atoms with Gasteiger partial charge in [-0.2, -0.15) is 0 Å². The van der Waals surface area contributed by atoms with Gasteiger partial charge >= 0.3 is 0 Å². The summed E-state index contributed by atoms with van der Waals surface area (Å²) in [5, 5.41) is 3.05. The zero-order valence-electron chi connectivity index (χ0n) is 20.5. The van der Waals surface area contributed by atoms with Crippen LogP contribution >= 0.6 is 11.6 Å². The van der Waals surface area contributed by atoms with Crippen LogP contribution in [0.4, 0.5) is 0 Å². The van der Waals surface area contributed by atoms with Crippen LogP contribution in [0.25, 0.3) is 16.8 Å². The molecular weight excluding hydrogens is 448 g/mol. The maximum Gasteiger partial charge on any atom is 0.185 e. The molecule has 0 bridgehead atoms. The molecule has 0 heterocycles. The fraction of sp³-hybridized carbons (Fsp3) is 0.242. The summed E-state index contributed by atoms with van der Waals surface area (Å²) in [5.41, 5.74) is 5.78. The molecule has 4 aromatic carbocycles. The molecule has 0 saturated carbocycles. The van der Waals surface area contributed by atoms with Crippen molar-refractivity contribution >= 4 is 34.2 Å². The lowest BCUT2D eigenvalue weighted by molar-refractivity contribution is 0.104. The molecule has 4 rings (SSSR count). The number of unbranched alkanes of at least 4 members (excludes halogenated alkanes) is 4. The van der Waals surface area contributed by atoms with Gasteiger partial charge in [-0.3, -0.25) is 4.79 Å². The summed E-state index contributed by atoms with van der Waals surface area (Å²) in [7, 11) is 0. The Morgan fingerprint density at radius 3 is 2.26 bits per heavy atom. The third-order valence-electron chi connectivity index (χ3n) is 6.57. The largest absolute Gasteiger partial charge is 0.289 e. The highest BCUT2D eigenvalue weighted by molar-refractivity contribution is 6.30. The van der Waals surface area contributed by atoms with Crippen LogP contribution in [0.2, 0.25) is 5.02 Å². The predicted octanol–water partition coefficient (Wildman–Crippen LogP) is 9.43. The van der Waals surface area contributed by atoms with Crippen LogP contribution in [0, 0.1) is 6.92 Å². The molecule has 178 valence electrons. The lowest BCUT2D eigenvalue weighted by Gasteiger charge is -2.08. The van der Waals surface area contributed by atoms with Crippen molar-refractivity contribution in [3.63, 3.8) is 0 Å². The summed E-state index contributed by atoms with van der Waals surface area (Å²) in [6, 6.07) is 28.8. The van der Waals surface area contributed by atoms with E-state index in [2.05, 4.69) is 43.3 Å². The van der Waals surface area contributed by atoms with Gasteiger partial charge in [0.25, 0.3) is 0 Å². The Morgan fingerprint density at radius 2 is 1.46 bits per heavy atom. The van der Waals surface area contributed by atoms with Crippen molar-refractivity contribution in [2.75, 3.05) is 0 Å². The molecule has 4 aromatic rings. The van der Waals surface area contributed by atoms with Crippen LogP contribution in [-0.2, 0) is 12.8 Å². The van der Waals surface area contributed by atoms with Crippen molar-refractivity contribution in [1.29, 1.82) is 0 Å². The summed E-state index contributed by atoms with van der Waals surface area (Å²) < 4.78 is 0. The number of ketones is 1. The molecule has 0 aliphatic heterocycles. The highest BCUT2D eigenvalue weighted by Gasteiger charge is 2.05. The number of halogens is 1. The van der Waals surface area contributed by atoms with E-state index in [0.29, 0.717) is 0 Å². The number of fused-ring (bicyclic) bond motifs is 1. The molecule has 0 aliphatic carbocycles. The van der Waals surface area contributed by atoms with E-state index < -0.39 is 0 Å². The molecule has 0 saturated heterocycles. The van der Waals surface area contributed by atoms with Crippen molar-refractivity contribution in [3.8, 4) is 0 Å². The highest BCUT2D eigenvalue weighted by Crippen LogP contribution is 2.20. The van der Waals surface area contributed by atoms with Crippen LogP contribution < -0.4 is 0 Å². The molecule has 0 fully saturated rings. The molecule has 2 heteroatoms. The minimum Gasteiger partial charge on any atom is -0.289 e. The van der Waals surface area contributed by atoms with Crippen molar-refractivity contribution < 1.29 is 4.79 Å². The van der Waals surface area contributed by atoms with E-state index in [0.717, 1.165) is 39.8 Å². The molecule has 1 nitrogen and oxygen atoms in total. The lowest BCUT2D eigenvalue weighted by Crippen LogP contribution is -1.96. The van der Waals surface area contributed by atoms with Gasteiger partial charge in [0.1, 0.15) is 0 Å². The predicted molar refractivity (Wildman–Crippen MR) is 150 cm³/mol. The smallest absolute Gasteiger partial charge is 0.185 e. The zero-order chi connectivity index (χ0) is 24.5. The van der Waals surface area contributed by atoms with Gasteiger partial charge in [-0.25, -0.2) is 0 Å². The van der Waals surface area contributed by atoms with Gasteiger partial charge in [0.05, 0.1) is 0 Å². The average molecular weight is 481 g/mol. The van der Waals surface area contributed by atoms with Crippen molar-refractivity contribution in [1.82, 2.24) is 0 Å². The number of hydrogen-bond donors (Lipinski definition) is 0. The Labute approximate surface area is 214 Å². The van der Waals surface area contributed by atoms with E-state index in [1.165, 1.54) is 48.8 Å². The monoisotopic (exact) mass is 480 g/mol. The molecule has 0 atom stereocenters. The number of carbonyl (C=O) groups is 1. The quantitative estimate of drug-likeness (QED) is 0.119. The Kier molecular flexibility index (Phi) is 8.92. The Bertz CT molecular complexity index is 1300. The molecule has 0 radical (unpaired) electrons. The maximum absolute atomic E-state index is 12.8. The van der Waals surface area contributed by atoms with E-state index in [-0.39, 0.29) is 5.78 Å². The molecule has 0 aliphatic rings. The average Bonchev–Trinajstić information content (AvgIpc) is 2.88. The van der Waals surface area contributed by atoms with Crippen molar-refractivity contribution in [3.05, 3.63) is 124 Å². The van der Waals surface area contributed by atoms with Gasteiger partial charge in [0.15, 0.2) is 5.78 Å². The first-order valence-corrected chi connectivity index (χ1v) is 13.0. The third kappa shape index (κ3) is 7.41. The molecule has 0 spiro atoms. The number of hydrogen-bond acceptors (Lipinski definition) is 1. The normalized spacial score (nSPS) is 11.4. The Morgan fingerprint density at radius 1 is 0.743 bits per heavy atom. The number of aryl methyl sites for hydroxylation is 3. The fourth-order valence-electron chi connectivity index (χ4n) is 4.53. The second-order valence-corrected chi connectivity index (χ2v) is 9.79. The zero-order valence-corrected chi connectivity index (χ0v) is 21.2. The number of benzene rings is 4. The van der Waals surface area contributed by atoms with Crippen molar-refractivity contribution in [2.24, 2.45) is 0 Å². The van der Waals surface area contributed by atoms with E-state index in [4.69, 9.17) is 11.6 Å². The second-order valence-electron chi connectivity index (χ2n) is 9.36. The van der Waals surface area contributed by atoms with E-state index >= 15 is 0 Å². The molecule has 0 amide bonds. The number of rotatable bonds is 11. The van der Waals surface area contributed by atoms with Gasteiger partial charge in [0.2, 0.25) is 0 Å². The van der Waals surface area contributed by atoms with Crippen LogP contribution in [0.1, 0.15) is 64.7 Å². The number of carbonyl (C=O) groups excluding carboxylic acids is 1. The van der Waals surface area contributed by atoms with Gasteiger partial charge in [0, 0.05) is 10.6 Å². The van der Waals surface area contributed by atoms with Gasteiger partial charge < -0.3 is 0 Å². The maximum atomic E-state index is 12.8. The molecule has 0 unspecified atom stereocenters. The summed E-state index contributed by atoms with van der Waals surface area (Å²) in [4.78, 5) is 12.8. The van der Waals surface area contributed by atoms with E-state index in [9.17, 15) is 4.79 Å². The summed E-state index contributed by atoms with van der Waals surface area (Å²) >= 11 is 5.96. The van der Waals surface area contributed by atoms with Crippen molar-refractivity contribution in [2.45, 2.75) is 51.9 Å². The van der Waals surface area contributed by atoms with E-state index in [1.54, 1.807) is 6.08 Å². The molecule has 0 N–H and O–H groups in total. The van der Waals surface area contributed by atoms with Crippen LogP contribution in [-0.4, -0.2) is 5.78 Å². The summed E-state index contributed by atoms with van der Waals surface area (Å²) in [6.45, 7) is 2.10. The van der Waals surface area contributed by atoms with E-state index in [1.807, 2.05) is 54.6 Å². The highest BCUT2D eigenvalue weighted by atomic mass is 35.5. The number of allylic oxidation sites excluding steroid dienone is 1. The van der Waals surface area contributed by atoms with Gasteiger partial charge in [-0.1, -0.05) is 109 Å². The van der Waals surface area contributed by atoms with Gasteiger partial charge in [-0.05, 0) is 84.3 Å². The Hall–Kier alpha value is -3.16. The molecule has 0 aromatic heterocycles. The SMILES string of the molecule is Cc1ccc(CCCCCCCc2ccc(Cl)cc2)c(C=CC(=O)c2ccc3ccccc3c2)c1. The third-order valence-corrected chi connectivity index (χ3v) is 6.83. The second kappa shape index (κ2) is 12.5. The summed E-state index contributed by atoms with van der Waals surface area (Å²) in [6.07, 6.45) is 12.0. The Balaban J connectivity index is 1.28. The van der Waals surface area contributed by atoms with Crippen LogP contribution in [0.5, 0.6) is 0 Å². The lowest BCUT2D eigenvalue weighted by atomic mass is 9.97. The fourth-order valence-corrected chi connectivity index (χ4v) is 4.65. The summed E-state index contributed by atoms with van der Waals surface area (Å²) in [5.74, 6) is 0.0453. The minimum atomic E-state index is 0.0453. The molecular formula is C33H33ClO. The first-order chi connectivity index (χ1) is 17.1. The first kappa shape index (κ1) is 24.9. The minimum absolute atomic E-state index is 0.0453. The molecule has 35 heavy (non-hydrogen) atoms. The standard InChI is InChI=1S/C33H33ClO/c1-25-13-16-27(10-6-4-2-3-5-9-26-14-20-32(34)21-15-26)30(23-25)19-22-33(35)31-18-17-28-11-7-8-12-29(28)24-31/h7-8,11-24H,2-6,9-10H2,1H3. The van der Waals surface area contributed by atoms with Crippen LogP contribution in [0.3, 0.4) is 0 Å².